The van der Waals surface area contributed by atoms with E-state index in [1.807, 2.05) is 6.07 Å². The molecule has 3 N–H and O–H groups in total. The molecule has 20 heavy (non-hydrogen) atoms. The number of halogens is 1. The van der Waals surface area contributed by atoms with Crippen molar-refractivity contribution < 1.29 is 4.79 Å². The highest BCUT2D eigenvalue weighted by molar-refractivity contribution is 6.31. The normalized spacial score (nSPS) is 11.7. The summed E-state index contributed by atoms with van der Waals surface area (Å²) in [5.74, 6) is -0.434. The zero-order valence-corrected chi connectivity index (χ0v) is 11.4. The average Bonchev–Trinajstić information content (AvgIpc) is 2.84. The molecule has 1 amide bonds. The van der Waals surface area contributed by atoms with Crippen LogP contribution in [0.2, 0.25) is 5.02 Å². The van der Waals surface area contributed by atoms with Gasteiger partial charge in [-0.15, -0.1) is 0 Å². The summed E-state index contributed by atoms with van der Waals surface area (Å²) in [7, 11) is 1.73. The van der Waals surface area contributed by atoms with Crippen molar-refractivity contribution in [1.29, 1.82) is 5.26 Å². The molecule has 0 saturated heterocycles. The van der Waals surface area contributed by atoms with E-state index in [4.69, 9.17) is 22.6 Å². The number of amides is 1. The SMILES string of the molecule is Cn1cc(C(N)C(=O)Nc2cc(Cl)ccc2C#N)cn1. The predicted molar refractivity (Wildman–Crippen MR) is 74.9 cm³/mol. The fourth-order valence-corrected chi connectivity index (χ4v) is 1.85. The third-order valence-electron chi connectivity index (χ3n) is 2.73. The first-order chi connectivity index (χ1) is 9.51. The van der Waals surface area contributed by atoms with Gasteiger partial charge in [0.05, 0.1) is 17.4 Å². The van der Waals surface area contributed by atoms with Crippen LogP contribution in [0, 0.1) is 11.3 Å². The summed E-state index contributed by atoms with van der Waals surface area (Å²) in [6.07, 6.45) is 3.18. The van der Waals surface area contributed by atoms with Crippen molar-refractivity contribution in [1.82, 2.24) is 9.78 Å². The molecular formula is C13H12ClN5O. The lowest BCUT2D eigenvalue weighted by Gasteiger charge is -2.12. The van der Waals surface area contributed by atoms with Gasteiger partial charge in [-0.1, -0.05) is 11.6 Å². The number of carbonyl (C=O) groups is 1. The third kappa shape index (κ3) is 2.96. The molecule has 1 unspecified atom stereocenters. The smallest absolute Gasteiger partial charge is 0.246 e. The van der Waals surface area contributed by atoms with Crippen molar-refractivity contribution in [3.8, 4) is 6.07 Å². The number of anilines is 1. The number of benzene rings is 1. The lowest BCUT2D eigenvalue weighted by atomic mass is 10.1. The van der Waals surface area contributed by atoms with Gasteiger partial charge in [0.2, 0.25) is 5.91 Å². The van der Waals surface area contributed by atoms with Crippen molar-refractivity contribution in [2.75, 3.05) is 5.32 Å². The largest absolute Gasteiger partial charge is 0.323 e. The maximum absolute atomic E-state index is 12.1. The second-order valence-corrected chi connectivity index (χ2v) is 4.65. The first-order valence-corrected chi connectivity index (χ1v) is 6.13. The molecule has 1 heterocycles. The molecule has 6 nitrogen and oxygen atoms in total. The van der Waals surface area contributed by atoms with Gasteiger partial charge in [-0.2, -0.15) is 10.4 Å². The quantitative estimate of drug-likeness (QED) is 0.896. The van der Waals surface area contributed by atoms with Crippen molar-refractivity contribution >= 4 is 23.2 Å². The minimum absolute atomic E-state index is 0.320. The molecule has 0 aliphatic rings. The van der Waals surface area contributed by atoms with Gasteiger partial charge in [-0.3, -0.25) is 9.48 Å². The summed E-state index contributed by atoms with van der Waals surface area (Å²) in [5.41, 5.74) is 7.09. The molecule has 0 fully saturated rings. The Labute approximate surface area is 120 Å². The van der Waals surface area contributed by atoms with Gasteiger partial charge < -0.3 is 11.1 Å². The molecule has 0 bridgehead atoms. The Morgan fingerprint density at radius 2 is 2.35 bits per heavy atom. The molecular weight excluding hydrogens is 278 g/mol. The summed E-state index contributed by atoms with van der Waals surface area (Å²) in [5, 5.41) is 16.0. The van der Waals surface area contributed by atoms with Crippen LogP contribution in [0.5, 0.6) is 0 Å². The summed E-state index contributed by atoms with van der Waals surface area (Å²) in [6.45, 7) is 0. The summed E-state index contributed by atoms with van der Waals surface area (Å²) in [4.78, 5) is 12.1. The molecule has 1 aromatic heterocycles. The van der Waals surface area contributed by atoms with Crippen LogP contribution < -0.4 is 11.1 Å². The second-order valence-electron chi connectivity index (χ2n) is 4.22. The van der Waals surface area contributed by atoms with Gasteiger partial charge in [0.15, 0.2) is 0 Å². The molecule has 0 saturated carbocycles. The lowest BCUT2D eigenvalue weighted by molar-refractivity contribution is -0.117. The minimum Gasteiger partial charge on any atom is -0.323 e. The Bertz CT molecular complexity index is 688. The number of carbonyl (C=O) groups excluding carboxylic acids is 1. The number of nitrogens with one attached hydrogen (secondary N) is 1. The summed E-state index contributed by atoms with van der Waals surface area (Å²) < 4.78 is 1.56. The summed E-state index contributed by atoms with van der Waals surface area (Å²) >= 11 is 5.85. The maximum atomic E-state index is 12.1. The highest BCUT2D eigenvalue weighted by Crippen LogP contribution is 2.21. The number of aromatic nitrogens is 2. The minimum atomic E-state index is -0.866. The predicted octanol–water partition coefficient (Wildman–Crippen LogP) is 1.58. The first kappa shape index (κ1) is 14.1. The number of hydrogen-bond acceptors (Lipinski definition) is 4. The zero-order valence-electron chi connectivity index (χ0n) is 10.7. The van der Waals surface area contributed by atoms with Crippen molar-refractivity contribution in [2.24, 2.45) is 12.8 Å². The van der Waals surface area contributed by atoms with Crippen LogP contribution in [0.1, 0.15) is 17.2 Å². The molecule has 2 rings (SSSR count). The Morgan fingerprint density at radius 3 is 2.95 bits per heavy atom. The maximum Gasteiger partial charge on any atom is 0.246 e. The Balaban J connectivity index is 2.20. The number of nitrogens with two attached hydrogens (primary N) is 1. The number of nitrogens with zero attached hydrogens (tertiary/aromatic N) is 3. The van der Waals surface area contributed by atoms with E-state index < -0.39 is 11.9 Å². The van der Waals surface area contributed by atoms with Crippen molar-refractivity contribution in [3.63, 3.8) is 0 Å². The van der Waals surface area contributed by atoms with E-state index in [-0.39, 0.29) is 0 Å². The monoisotopic (exact) mass is 289 g/mol. The number of nitriles is 1. The van der Waals surface area contributed by atoms with Crippen LogP contribution in [-0.4, -0.2) is 15.7 Å². The number of aryl methyl sites for hydroxylation is 1. The van der Waals surface area contributed by atoms with Crippen LogP contribution in [0.3, 0.4) is 0 Å². The molecule has 0 aliphatic heterocycles. The number of rotatable bonds is 3. The highest BCUT2D eigenvalue weighted by atomic mass is 35.5. The molecule has 0 radical (unpaired) electrons. The van der Waals surface area contributed by atoms with E-state index >= 15 is 0 Å². The van der Waals surface area contributed by atoms with Gasteiger partial charge in [0.25, 0.3) is 0 Å². The molecule has 2 aromatic rings. The van der Waals surface area contributed by atoms with Crippen LogP contribution in [0.15, 0.2) is 30.6 Å². The van der Waals surface area contributed by atoms with E-state index in [0.717, 1.165) is 0 Å². The van der Waals surface area contributed by atoms with Gasteiger partial charge in [-0.25, -0.2) is 0 Å². The third-order valence-corrected chi connectivity index (χ3v) is 2.96. The highest BCUT2D eigenvalue weighted by Gasteiger charge is 2.18. The second kappa shape index (κ2) is 5.74. The molecule has 1 aromatic carbocycles. The van der Waals surface area contributed by atoms with Gasteiger partial charge in [0, 0.05) is 23.8 Å². The average molecular weight is 290 g/mol. The fraction of sp³-hybridized carbons (Fsp3) is 0.154. The van der Waals surface area contributed by atoms with E-state index in [9.17, 15) is 4.79 Å². The Morgan fingerprint density at radius 1 is 1.60 bits per heavy atom. The Kier molecular flexibility index (Phi) is 4.03. The van der Waals surface area contributed by atoms with Gasteiger partial charge >= 0.3 is 0 Å². The fourth-order valence-electron chi connectivity index (χ4n) is 1.68. The van der Waals surface area contributed by atoms with Crippen molar-refractivity contribution in [3.05, 3.63) is 46.7 Å². The van der Waals surface area contributed by atoms with E-state index in [1.165, 1.54) is 18.3 Å². The van der Waals surface area contributed by atoms with Crippen LogP contribution in [0.25, 0.3) is 0 Å². The Hall–Kier alpha value is -2.36. The molecule has 102 valence electrons. The summed E-state index contributed by atoms with van der Waals surface area (Å²) in [6, 6.07) is 5.74. The van der Waals surface area contributed by atoms with Crippen LogP contribution in [0.4, 0.5) is 5.69 Å². The molecule has 7 heteroatoms. The van der Waals surface area contributed by atoms with E-state index in [1.54, 1.807) is 24.0 Å². The zero-order chi connectivity index (χ0) is 14.7. The topological polar surface area (TPSA) is 96.7 Å². The van der Waals surface area contributed by atoms with Gasteiger partial charge in [-0.05, 0) is 18.2 Å². The van der Waals surface area contributed by atoms with Gasteiger partial charge in [0.1, 0.15) is 12.1 Å². The molecule has 1 atom stereocenters. The first-order valence-electron chi connectivity index (χ1n) is 5.76. The molecule has 0 aliphatic carbocycles. The van der Waals surface area contributed by atoms with Crippen molar-refractivity contribution in [2.45, 2.75) is 6.04 Å². The van der Waals surface area contributed by atoms with Crippen LogP contribution >= 0.6 is 11.6 Å². The lowest BCUT2D eigenvalue weighted by Crippen LogP contribution is -2.27. The molecule has 0 spiro atoms. The van der Waals surface area contributed by atoms with E-state index in [2.05, 4.69) is 10.4 Å². The standard InChI is InChI=1S/C13H12ClN5O/c1-19-7-9(6-17-19)12(16)13(20)18-11-4-10(14)3-2-8(11)5-15/h2-4,6-7,12H,16H2,1H3,(H,18,20). The number of hydrogen-bond donors (Lipinski definition) is 2. The van der Waals surface area contributed by atoms with E-state index in [0.29, 0.717) is 21.8 Å². The van der Waals surface area contributed by atoms with Crippen LogP contribution in [-0.2, 0) is 11.8 Å².